The number of benzene rings is 3. The molecular formula is C49H56F2N8O6. The van der Waals surface area contributed by atoms with Crippen molar-refractivity contribution >= 4 is 28.9 Å². The standard InChI is InChI=1S/C49H56F2N8O6/c1-24(2)39(56-46(62)64-5)44(60)58-23-48(15-16-48)21-38(58)42-52-22-37(55-42)28-9-13-32-31-12-8-26(18-33(31)49(50,51)34(32)19-28)27-10-14-35-36(20-27)54-43(53-35)41-29-7-11-30(17-29)59(41)45(61)40(25(3)4)57-47(63)65-6/h8-10,12-14,18-20,22,24-25,29-30,38-41,46,56,62H,7,11,15-17,21,23H2,1-6H3,(H,52,55)(H,53,54)(H,57,63)/t29?,30?,38?,39-,40?,41?,46?/m0/s1. The second-order valence-electron chi connectivity index (χ2n) is 19.6. The predicted molar refractivity (Wildman–Crippen MR) is 238 cm³/mol. The van der Waals surface area contributed by atoms with Crippen molar-refractivity contribution in [2.75, 3.05) is 20.8 Å². The van der Waals surface area contributed by atoms with Crippen molar-refractivity contribution in [1.82, 2.24) is 40.4 Å². The molecule has 4 fully saturated rings. The third-order valence-electron chi connectivity index (χ3n) is 14.8. The number of carbonyl (C=O) groups is 3. The summed E-state index contributed by atoms with van der Waals surface area (Å²) in [6.07, 6.45) is 5.21. The van der Waals surface area contributed by atoms with E-state index in [4.69, 9.17) is 19.4 Å². The lowest BCUT2D eigenvalue weighted by atomic mass is 9.95. The molecule has 5 N–H and O–H groups in total. The van der Waals surface area contributed by atoms with Gasteiger partial charge in [0.05, 0.1) is 48.2 Å². The van der Waals surface area contributed by atoms with Crippen molar-refractivity contribution in [2.24, 2.45) is 23.2 Å². The van der Waals surface area contributed by atoms with Crippen LogP contribution in [0.4, 0.5) is 13.6 Å². The first-order valence-electron chi connectivity index (χ1n) is 22.8. The number of alkyl carbamates (subject to hydrolysis) is 1. The molecule has 3 aromatic carbocycles. The predicted octanol–water partition coefficient (Wildman–Crippen LogP) is 7.76. The highest BCUT2D eigenvalue weighted by Gasteiger charge is 2.56. The van der Waals surface area contributed by atoms with Gasteiger partial charge in [0.1, 0.15) is 17.7 Å². The van der Waals surface area contributed by atoms with Crippen LogP contribution in [-0.4, -0.2) is 98.1 Å². The van der Waals surface area contributed by atoms with Crippen molar-refractivity contribution in [1.29, 1.82) is 0 Å². The Morgan fingerprint density at radius 2 is 1.54 bits per heavy atom. The summed E-state index contributed by atoms with van der Waals surface area (Å²) in [5, 5.41) is 15.8. The van der Waals surface area contributed by atoms with E-state index in [1.807, 2.05) is 67.8 Å². The highest BCUT2D eigenvalue weighted by Crippen LogP contribution is 2.59. The van der Waals surface area contributed by atoms with E-state index >= 15 is 8.78 Å². The number of carbonyl (C=O) groups excluding carboxylic acids is 3. The number of hydrogen-bond acceptors (Lipinski definition) is 9. The number of nitrogens with one attached hydrogen (secondary N) is 4. The fourth-order valence-corrected chi connectivity index (χ4v) is 11.1. The van der Waals surface area contributed by atoms with Crippen LogP contribution in [-0.2, 0) is 25.0 Å². The quantitative estimate of drug-likeness (QED) is 0.0784. The summed E-state index contributed by atoms with van der Waals surface area (Å²) in [5.41, 5.74) is 4.77. The first-order chi connectivity index (χ1) is 31.1. The van der Waals surface area contributed by atoms with Gasteiger partial charge in [-0.05, 0) is 108 Å². The Morgan fingerprint density at radius 1 is 0.862 bits per heavy atom. The summed E-state index contributed by atoms with van der Waals surface area (Å²) in [6.45, 7) is 8.20. The van der Waals surface area contributed by atoms with Gasteiger partial charge < -0.3 is 39.7 Å². The lowest BCUT2D eigenvalue weighted by Gasteiger charge is -2.37. The van der Waals surface area contributed by atoms with Crippen LogP contribution in [0.3, 0.4) is 0 Å². The van der Waals surface area contributed by atoms with Crippen molar-refractivity contribution < 1.29 is 37.7 Å². The molecular weight excluding hydrogens is 835 g/mol. The van der Waals surface area contributed by atoms with Gasteiger partial charge in [0, 0.05) is 36.4 Å². The average molecular weight is 891 g/mol. The molecule has 2 saturated carbocycles. The van der Waals surface area contributed by atoms with Crippen molar-refractivity contribution in [3.63, 3.8) is 0 Å². The summed E-state index contributed by atoms with van der Waals surface area (Å²) in [5.74, 6) is -2.37. The molecule has 14 nitrogen and oxygen atoms in total. The molecule has 2 saturated heterocycles. The number of aliphatic hydroxyl groups is 1. The largest absolute Gasteiger partial charge is 0.453 e. The number of ether oxygens (including phenoxy) is 2. The minimum absolute atomic E-state index is 0.0326. The van der Waals surface area contributed by atoms with Crippen LogP contribution in [0.5, 0.6) is 0 Å². The van der Waals surface area contributed by atoms with Gasteiger partial charge in [0.15, 0.2) is 0 Å². The van der Waals surface area contributed by atoms with E-state index in [1.165, 1.54) is 20.3 Å². The molecule has 2 bridgehead atoms. The van der Waals surface area contributed by atoms with Gasteiger partial charge in [-0.3, -0.25) is 14.9 Å². The third-order valence-corrected chi connectivity index (χ3v) is 14.8. The molecule has 3 aliphatic carbocycles. The number of nitrogens with zero attached hydrogens (tertiary/aromatic N) is 4. The molecule has 10 rings (SSSR count). The van der Waals surface area contributed by atoms with E-state index in [2.05, 4.69) is 20.6 Å². The van der Waals surface area contributed by atoms with E-state index in [0.717, 1.165) is 49.6 Å². The summed E-state index contributed by atoms with van der Waals surface area (Å²) < 4.78 is 43.2. The molecule has 0 radical (unpaired) electrons. The maximum atomic E-state index is 16.7. The zero-order chi connectivity index (χ0) is 45.7. The number of likely N-dealkylation sites (tertiary alicyclic amines) is 2. The Morgan fingerprint density at radius 3 is 2.22 bits per heavy atom. The number of amides is 3. The fraction of sp³-hybridized carbons (Fsp3) is 0.490. The van der Waals surface area contributed by atoms with Gasteiger partial charge in [-0.25, -0.2) is 14.8 Å². The van der Waals surface area contributed by atoms with E-state index in [-0.39, 0.29) is 64.2 Å². The second-order valence-corrected chi connectivity index (χ2v) is 19.6. The van der Waals surface area contributed by atoms with Crippen molar-refractivity contribution in [2.45, 2.75) is 109 Å². The van der Waals surface area contributed by atoms with Crippen LogP contribution in [0.15, 0.2) is 60.8 Å². The Labute approximate surface area is 375 Å². The molecule has 2 aromatic heterocycles. The summed E-state index contributed by atoms with van der Waals surface area (Å²) in [6, 6.07) is 14.0. The number of alkyl halides is 2. The van der Waals surface area contributed by atoms with Crippen LogP contribution in [0.2, 0.25) is 0 Å². The number of piperidine rings is 1. The molecule has 3 amide bonds. The number of fused-ring (bicyclic) bond motifs is 6. The number of methoxy groups -OCH3 is 2. The summed E-state index contributed by atoms with van der Waals surface area (Å²) in [4.78, 5) is 60.6. The van der Waals surface area contributed by atoms with Crippen molar-refractivity contribution in [3.05, 3.63) is 83.6 Å². The summed E-state index contributed by atoms with van der Waals surface area (Å²) in [7, 11) is 2.64. The van der Waals surface area contributed by atoms with E-state index in [9.17, 15) is 19.5 Å². The Bertz CT molecular complexity index is 2690. The lowest BCUT2D eigenvalue weighted by Crippen LogP contribution is -2.54. The molecule has 65 heavy (non-hydrogen) atoms. The zero-order valence-corrected chi connectivity index (χ0v) is 37.5. The van der Waals surface area contributed by atoms with E-state index in [1.54, 1.807) is 24.4 Å². The molecule has 4 heterocycles. The third kappa shape index (κ3) is 7.37. The minimum atomic E-state index is -3.28. The molecule has 5 aliphatic rings. The number of aromatic nitrogens is 4. The first-order valence-corrected chi connectivity index (χ1v) is 22.8. The normalized spacial score (nSPS) is 23.6. The van der Waals surface area contributed by atoms with Gasteiger partial charge in [-0.15, -0.1) is 0 Å². The molecule has 5 aromatic rings. The average Bonchev–Trinajstić information content (AvgIpc) is 3.95. The maximum absolute atomic E-state index is 16.7. The van der Waals surface area contributed by atoms with Gasteiger partial charge in [0.2, 0.25) is 18.2 Å². The minimum Gasteiger partial charge on any atom is -0.453 e. The smallest absolute Gasteiger partial charge is 0.407 e. The number of imidazole rings is 2. The van der Waals surface area contributed by atoms with Crippen molar-refractivity contribution in [3.8, 4) is 33.5 Å². The Hall–Kier alpha value is -5.71. The van der Waals surface area contributed by atoms with Gasteiger partial charge in [-0.1, -0.05) is 58.0 Å². The first kappa shape index (κ1) is 43.2. The number of hydrogen-bond donors (Lipinski definition) is 5. The zero-order valence-electron chi connectivity index (χ0n) is 37.5. The van der Waals surface area contributed by atoms with E-state index in [0.29, 0.717) is 51.7 Å². The molecule has 2 aliphatic heterocycles. The van der Waals surface area contributed by atoms with Crippen LogP contribution >= 0.6 is 0 Å². The maximum Gasteiger partial charge on any atom is 0.407 e. The highest BCUT2D eigenvalue weighted by molar-refractivity contribution is 5.89. The monoisotopic (exact) mass is 890 g/mol. The Balaban J connectivity index is 0.895. The molecule has 16 heteroatoms. The Kier molecular flexibility index (Phi) is 10.6. The number of aliphatic hydroxyl groups excluding tert-OH is 1. The molecule has 342 valence electrons. The highest BCUT2D eigenvalue weighted by atomic mass is 19.3. The van der Waals surface area contributed by atoms with Crippen LogP contribution in [0.1, 0.15) is 101 Å². The number of aromatic amines is 2. The summed E-state index contributed by atoms with van der Waals surface area (Å²) >= 11 is 0. The fourth-order valence-electron chi connectivity index (χ4n) is 11.1. The second kappa shape index (κ2) is 16.0. The van der Waals surface area contributed by atoms with Crippen LogP contribution < -0.4 is 10.6 Å². The lowest BCUT2D eigenvalue weighted by molar-refractivity contribution is -0.145. The molecule has 1 spiro atoms. The van der Waals surface area contributed by atoms with Gasteiger partial charge in [-0.2, -0.15) is 8.78 Å². The molecule has 6 unspecified atom stereocenters. The van der Waals surface area contributed by atoms with E-state index < -0.39 is 30.5 Å². The van der Waals surface area contributed by atoms with Gasteiger partial charge >= 0.3 is 6.09 Å². The number of H-pyrrole nitrogens is 2. The van der Waals surface area contributed by atoms with Gasteiger partial charge in [0.25, 0.3) is 5.92 Å². The molecule has 7 atom stereocenters. The number of rotatable bonds is 12. The van der Waals surface area contributed by atoms with Crippen LogP contribution in [0, 0.1) is 23.2 Å². The van der Waals surface area contributed by atoms with Crippen LogP contribution in [0.25, 0.3) is 44.5 Å². The topological polar surface area (TPSA) is 178 Å². The SMILES string of the molecule is COC(=O)NC(C(=O)N1C2CCC(C2)C1c1nc2ccc(-c3ccc4c(c3)C(F)(F)c3cc(-c5cnc(C6CC7(CC7)CN6C(=O)[C@@H](NC(O)OC)C(C)C)[nH]5)ccc3-4)cc2[nH]1)C(C)C. The number of halogens is 2.